The average Bonchev–Trinajstić information content (AvgIpc) is 3.22. The van der Waals surface area contributed by atoms with Crippen molar-refractivity contribution in [3.8, 4) is 10.6 Å². The number of nitrogens with zero attached hydrogens (tertiary/aromatic N) is 4. The van der Waals surface area contributed by atoms with E-state index in [0.717, 1.165) is 41.5 Å². The van der Waals surface area contributed by atoms with Gasteiger partial charge in [-0.05, 0) is 46.6 Å². The molecule has 0 radical (unpaired) electrons. The summed E-state index contributed by atoms with van der Waals surface area (Å²) in [6.07, 6.45) is 9.69. The number of likely N-dealkylation sites (tertiary alicyclic amines) is 1. The number of thiazole rings is 1. The minimum absolute atomic E-state index is 0.138. The average molecular weight is 432 g/mol. The first-order chi connectivity index (χ1) is 14.2. The van der Waals surface area contributed by atoms with Gasteiger partial charge in [-0.1, -0.05) is 12.8 Å². The molecule has 4 heterocycles. The van der Waals surface area contributed by atoms with Crippen molar-refractivity contribution in [1.29, 1.82) is 0 Å². The normalized spacial score (nSPS) is 14.7. The fourth-order valence-corrected chi connectivity index (χ4v) is 3.87. The molecule has 0 unspecified atom stereocenters. The quantitative estimate of drug-likeness (QED) is 0.622. The van der Waals surface area contributed by atoms with Crippen LogP contribution in [0.3, 0.4) is 0 Å². The first-order valence-corrected chi connectivity index (χ1v) is 11.0. The lowest BCUT2D eigenvalue weighted by atomic mass is 10.2. The van der Waals surface area contributed by atoms with E-state index in [4.69, 9.17) is 4.74 Å². The summed E-state index contributed by atoms with van der Waals surface area (Å²) in [5.41, 5.74) is 0.779. The molecule has 0 bridgehead atoms. The van der Waals surface area contributed by atoms with Crippen LogP contribution >= 0.6 is 11.3 Å². The maximum absolute atomic E-state index is 11.7. The van der Waals surface area contributed by atoms with Crippen molar-refractivity contribution in [2.24, 2.45) is 0 Å². The second-order valence-corrected chi connectivity index (χ2v) is 9.52. The topological polar surface area (TPSA) is 92.6 Å². The molecule has 1 amide bonds. The van der Waals surface area contributed by atoms with Crippen LogP contribution < -0.4 is 5.56 Å². The van der Waals surface area contributed by atoms with E-state index in [9.17, 15) is 9.59 Å². The predicted molar refractivity (Wildman–Crippen MR) is 118 cm³/mol. The van der Waals surface area contributed by atoms with Crippen LogP contribution in [0.4, 0.5) is 4.79 Å². The first kappa shape index (κ1) is 22.0. The van der Waals surface area contributed by atoms with Gasteiger partial charge in [0.25, 0.3) is 5.56 Å². The lowest BCUT2D eigenvalue weighted by molar-refractivity contribution is 0.0257. The van der Waals surface area contributed by atoms with Crippen LogP contribution in [0.25, 0.3) is 16.1 Å². The van der Waals surface area contributed by atoms with Crippen molar-refractivity contribution in [2.45, 2.75) is 59.0 Å². The van der Waals surface area contributed by atoms with Gasteiger partial charge in [-0.3, -0.25) is 4.79 Å². The number of rotatable bonds is 1. The van der Waals surface area contributed by atoms with Gasteiger partial charge < -0.3 is 14.6 Å². The number of carbonyl (C=O) groups is 1. The lowest BCUT2D eigenvalue weighted by Crippen LogP contribution is -2.37. The SMILES string of the molecule is CC(C)(C)OC(=O)N1CCCCCC1.Cc1ncc(-c2cn3nccc3c(=O)[nH]2)s1. The summed E-state index contributed by atoms with van der Waals surface area (Å²) in [5.74, 6) is 0. The zero-order valence-electron chi connectivity index (χ0n) is 18.0. The van der Waals surface area contributed by atoms with E-state index in [1.54, 1.807) is 29.2 Å². The largest absolute Gasteiger partial charge is 0.444 e. The molecule has 30 heavy (non-hydrogen) atoms. The van der Waals surface area contributed by atoms with Crippen molar-refractivity contribution in [3.63, 3.8) is 0 Å². The van der Waals surface area contributed by atoms with Gasteiger partial charge in [-0.25, -0.2) is 14.3 Å². The van der Waals surface area contributed by atoms with E-state index in [2.05, 4.69) is 15.1 Å². The molecule has 0 spiro atoms. The number of ether oxygens (including phenoxy) is 1. The minimum atomic E-state index is -0.372. The third-order valence-corrected chi connectivity index (χ3v) is 5.49. The van der Waals surface area contributed by atoms with E-state index in [0.29, 0.717) is 5.52 Å². The number of aryl methyl sites for hydroxylation is 1. The fourth-order valence-electron chi connectivity index (χ4n) is 3.13. The molecule has 162 valence electrons. The highest BCUT2D eigenvalue weighted by Gasteiger charge is 2.22. The van der Waals surface area contributed by atoms with E-state index in [1.165, 1.54) is 24.2 Å². The van der Waals surface area contributed by atoms with Crippen LogP contribution in [0.5, 0.6) is 0 Å². The van der Waals surface area contributed by atoms with Gasteiger partial charge in [-0.15, -0.1) is 11.3 Å². The van der Waals surface area contributed by atoms with Crippen LogP contribution in [0.15, 0.2) is 29.5 Å². The third kappa shape index (κ3) is 5.91. The van der Waals surface area contributed by atoms with Crippen molar-refractivity contribution >= 4 is 22.9 Å². The van der Waals surface area contributed by atoms with Crippen molar-refractivity contribution < 1.29 is 9.53 Å². The zero-order chi connectivity index (χ0) is 21.7. The van der Waals surface area contributed by atoms with Gasteiger partial charge in [0, 0.05) is 19.3 Å². The highest BCUT2D eigenvalue weighted by molar-refractivity contribution is 7.15. The number of amides is 1. The summed E-state index contributed by atoms with van der Waals surface area (Å²) in [7, 11) is 0. The summed E-state index contributed by atoms with van der Waals surface area (Å²) in [6.45, 7) is 9.36. The predicted octanol–water partition coefficient (Wildman–Crippen LogP) is 4.25. The molecular formula is C21H29N5O3S. The smallest absolute Gasteiger partial charge is 0.410 e. The molecule has 0 atom stereocenters. The fraction of sp³-hybridized carbons (Fsp3) is 0.524. The number of aromatic nitrogens is 4. The molecule has 0 aromatic carbocycles. The summed E-state index contributed by atoms with van der Waals surface area (Å²) >= 11 is 1.54. The highest BCUT2D eigenvalue weighted by atomic mass is 32.1. The maximum Gasteiger partial charge on any atom is 0.410 e. The second kappa shape index (κ2) is 9.42. The second-order valence-electron chi connectivity index (χ2n) is 8.28. The Balaban J connectivity index is 0.000000173. The van der Waals surface area contributed by atoms with E-state index >= 15 is 0 Å². The Labute approximate surface area is 179 Å². The molecule has 0 aliphatic carbocycles. The molecule has 1 saturated heterocycles. The number of hydrogen-bond donors (Lipinski definition) is 1. The van der Waals surface area contributed by atoms with Crippen molar-refractivity contribution in [2.75, 3.05) is 13.1 Å². The standard InChI is InChI=1S/C11H21NO2.C10H8N4OS/c1-11(2,3)14-10(13)12-8-6-4-5-7-9-12;1-6-11-4-9(16-6)7-5-14-8(2-3-12-14)10(15)13-7/h4-9H2,1-3H3;2-5H,1H3,(H,13,15). The Kier molecular flexibility index (Phi) is 6.91. The molecule has 3 aromatic heterocycles. The zero-order valence-corrected chi connectivity index (χ0v) is 18.8. The summed E-state index contributed by atoms with van der Waals surface area (Å²) in [6, 6.07) is 1.68. The molecule has 4 rings (SSSR count). The van der Waals surface area contributed by atoms with Crippen LogP contribution in [0.2, 0.25) is 0 Å². The number of carbonyl (C=O) groups excluding carboxylic acids is 1. The van der Waals surface area contributed by atoms with Crippen molar-refractivity contribution in [3.05, 3.63) is 40.0 Å². The van der Waals surface area contributed by atoms with Gasteiger partial charge in [0.1, 0.15) is 11.1 Å². The van der Waals surface area contributed by atoms with Crippen LogP contribution in [0.1, 0.15) is 51.5 Å². The Morgan fingerprint density at radius 1 is 1.20 bits per heavy atom. The molecule has 8 nitrogen and oxygen atoms in total. The van der Waals surface area contributed by atoms with Crippen LogP contribution in [-0.2, 0) is 4.74 Å². The summed E-state index contributed by atoms with van der Waals surface area (Å²) < 4.78 is 6.89. The molecule has 9 heteroatoms. The number of fused-ring (bicyclic) bond motifs is 1. The number of aromatic amines is 1. The third-order valence-electron chi connectivity index (χ3n) is 4.55. The Hall–Kier alpha value is -2.68. The van der Waals surface area contributed by atoms with Gasteiger partial charge in [0.15, 0.2) is 0 Å². The van der Waals surface area contributed by atoms with Crippen LogP contribution in [0, 0.1) is 6.92 Å². The van der Waals surface area contributed by atoms with Gasteiger partial charge >= 0.3 is 6.09 Å². The molecule has 1 fully saturated rings. The monoisotopic (exact) mass is 431 g/mol. The lowest BCUT2D eigenvalue weighted by Gasteiger charge is -2.26. The van der Waals surface area contributed by atoms with Gasteiger partial charge in [0.2, 0.25) is 0 Å². The molecule has 0 saturated carbocycles. The number of hydrogen-bond acceptors (Lipinski definition) is 6. The molecule has 1 aliphatic heterocycles. The minimum Gasteiger partial charge on any atom is -0.444 e. The van der Waals surface area contributed by atoms with Gasteiger partial charge in [0.05, 0.1) is 28.0 Å². The summed E-state index contributed by atoms with van der Waals surface area (Å²) in [5, 5.41) is 5.02. The van der Waals surface area contributed by atoms with Gasteiger partial charge in [-0.2, -0.15) is 5.10 Å². The molecular weight excluding hydrogens is 402 g/mol. The number of H-pyrrole nitrogens is 1. The van der Waals surface area contributed by atoms with E-state index in [-0.39, 0.29) is 17.3 Å². The molecule has 3 aromatic rings. The Morgan fingerprint density at radius 3 is 2.50 bits per heavy atom. The highest BCUT2D eigenvalue weighted by Crippen LogP contribution is 2.22. The first-order valence-electron chi connectivity index (χ1n) is 10.2. The summed E-state index contributed by atoms with van der Waals surface area (Å²) in [4.78, 5) is 33.1. The molecule has 1 aliphatic rings. The maximum atomic E-state index is 11.7. The Bertz CT molecular complexity index is 1040. The van der Waals surface area contributed by atoms with E-state index in [1.807, 2.05) is 32.6 Å². The van der Waals surface area contributed by atoms with Crippen LogP contribution in [-0.4, -0.2) is 49.3 Å². The van der Waals surface area contributed by atoms with Crippen molar-refractivity contribution in [1.82, 2.24) is 24.5 Å². The van der Waals surface area contributed by atoms with E-state index < -0.39 is 0 Å². The molecule has 1 N–H and O–H groups in total. The Morgan fingerprint density at radius 2 is 1.90 bits per heavy atom. The number of nitrogens with one attached hydrogen (secondary N) is 1.